The highest BCUT2D eigenvalue weighted by atomic mass is 79.9. The monoisotopic (exact) mass is 366 g/mol. The van der Waals surface area contributed by atoms with E-state index in [9.17, 15) is 18.0 Å². The van der Waals surface area contributed by atoms with Crippen molar-refractivity contribution in [2.24, 2.45) is 5.92 Å². The van der Waals surface area contributed by atoms with Crippen molar-refractivity contribution in [1.29, 1.82) is 0 Å². The van der Waals surface area contributed by atoms with Crippen LogP contribution in [0.2, 0.25) is 0 Å². The third kappa shape index (κ3) is 5.57. The van der Waals surface area contributed by atoms with Crippen molar-refractivity contribution in [1.82, 2.24) is 5.32 Å². The van der Waals surface area contributed by atoms with Gasteiger partial charge < -0.3 is 10.6 Å². The van der Waals surface area contributed by atoms with Crippen LogP contribution in [0.25, 0.3) is 0 Å². The first kappa shape index (κ1) is 17.8. The highest BCUT2D eigenvalue weighted by Crippen LogP contribution is 2.34. The summed E-state index contributed by atoms with van der Waals surface area (Å²) in [5.41, 5.74) is -0.528. The summed E-state index contributed by atoms with van der Waals surface area (Å²) in [5, 5.41) is 5.51. The van der Waals surface area contributed by atoms with Crippen molar-refractivity contribution >= 4 is 27.5 Å². The molecule has 118 valence electrons. The number of carbonyl (C=O) groups excluding carboxylic acids is 1. The Morgan fingerprint density at radius 2 is 1.90 bits per heavy atom. The first-order valence-electron chi connectivity index (χ1n) is 6.52. The molecule has 0 aliphatic carbocycles. The molecule has 2 N–H and O–H groups in total. The van der Waals surface area contributed by atoms with E-state index in [0.29, 0.717) is 16.9 Å². The van der Waals surface area contributed by atoms with E-state index in [1.165, 1.54) is 6.07 Å². The van der Waals surface area contributed by atoms with Gasteiger partial charge in [0.25, 0.3) is 0 Å². The summed E-state index contributed by atoms with van der Waals surface area (Å²) in [4.78, 5) is 11.8. The topological polar surface area (TPSA) is 41.1 Å². The largest absolute Gasteiger partial charge is 0.416 e. The average Bonchev–Trinajstić information content (AvgIpc) is 2.36. The van der Waals surface area contributed by atoms with Crippen molar-refractivity contribution in [3.05, 3.63) is 28.2 Å². The molecule has 0 spiro atoms. The van der Waals surface area contributed by atoms with Crippen LogP contribution in [0.5, 0.6) is 0 Å². The molecule has 1 amide bonds. The fourth-order valence-corrected chi connectivity index (χ4v) is 1.93. The molecule has 0 aliphatic rings. The minimum Gasteiger partial charge on any atom is -0.373 e. The van der Waals surface area contributed by atoms with Gasteiger partial charge in [-0.3, -0.25) is 4.79 Å². The van der Waals surface area contributed by atoms with Gasteiger partial charge in [-0.1, -0.05) is 13.8 Å². The quantitative estimate of drug-likeness (QED) is 0.825. The number of hydrogen-bond acceptors (Lipinski definition) is 2. The Labute approximate surface area is 130 Å². The molecule has 1 aromatic carbocycles. The van der Waals surface area contributed by atoms with E-state index in [2.05, 4.69) is 26.6 Å². The normalized spacial score (nSPS) is 13.1. The van der Waals surface area contributed by atoms with Crippen molar-refractivity contribution in [2.45, 2.75) is 33.0 Å². The maximum Gasteiger partial charge on any atom is 0.416 e. The van der Waals surface area contributed by atoms with Crippen molar-refractivity contribution in [2.75, 3.05) is 11.9 Å². The lowest BCUT2D eigenvalue weighted by molar-refractivity contribution is -0.137. The van der Waals surface area contributed by atoms with E-state index >= 15 is 0 Å². The molecule has 0 saturated heterocycles. The Kier molecular flexibility index (Phi) is 6.07. The maximum absolute atomic E-state index is 12.7. The Balaban J connectivity index is 2.80. The second-order valence-corrected chi connectivity index (χ2v) is 6.05. The molecule has 1 rings (SSSR count). The van der Waals surface area contributed by atoms with Gasteiger partial charge >= 0.3 is 6.18 Å². The van der Waals surface area contributed by atoms with Gasteiger partial charge in [0.2, 0.25) is 5.91 Å². The first-order valence-corrected chi connectivity index (χ1v) is 7.31. The van der Waals surface area contributed by atoms with Gasteiger partial charge in [-0.15, -0.1) is 0 Å². The lowest BCUT2D eigenvalue weighted by Gasteiger charge is -2.18. The molecule has 1 unspecified atom stereocenters. The first-order chi connectivity index (χ1) is 9.61. The predicted octanol–water partition coefficient (Wildman–Crippen LogP) is 4.04. The van der Waals surface area contributed by atoms with E-state index in [0.717, 1.165) is 12.1 Å². The van der Waals surface area contributed by atoms with Gasteiger partial charge in [-0.25, -0.2) is 0 Å². The number of halogens is 4. The molecule has 1 aromatic rings. The summed E-state index contributed by atoms with van der Waals surface area (Å²) >= 11 is 3.18. The Morgan fingerprint density at radius 1 is 1.29 bits per heavy atom. The molecule has 1 atom stereocenters. The van der Waals surface area contributed by atoms with Crippen LogP contribution in [-0.2, 0) is 11.0 Å². The zero-order valence-electron chi connectivity index (χ0n) is 12.0. The summed E-state index contributed by atoms with van der Waals surface area (Å²) in [6, 6.07) is 2.64. The number of amides is 1. The molecule has 0 fully saturated rings. The molecule has 0 radical (unpaired) electrons. The van der Waals surface area contributed by atoms with Crippen molar-refractivity contribution < 1.29 is 18.0 Å². The van der Waals surface area contributed by atoms with Crippen molar-refractivity contribution in [3.63, 3.8) is 0 Å². The molecule has 7 heteroatoms. The second-order valence-electron chi connectivity index (χ2n) is 5.20. The minimum atomic E-state index is -4.42. The summed E-state index contributed by atoms with van der Waals surface area (Å²) in [5.74, 6) is 0.0504. The van der Waals surface area contributed by atoms with Gasteiger partial charge in [0.1, 0.15) is 6.04 Å². The van der Waals surface area contributed by atoms with E-state index in [1.807, 2.05) is 13.8 Å². The molecular formula is C14H18BrF3N2O. The zero-order valence-corrected chi connectivity index (χ0v) is 13.6. The number of alkyl halides is 3. The van der Waals surface area contributed by atoms with Crippen LogP contribution in [0.3, 0.4) is 0 Å². The highest BCUT2D eigenvalue weighted by Gasteiger charge is 2.31. The molecule has 21 heavy (non-hydrogen) atoms. The van der Waals surface area contributed by atoms with Crippen molar-refractivity contribution in [3.8, 4) is 0 Å². The van der Waals surface area contributed by atoms with Gasteiger partial charge in [0.15, 0.2) is 0 Å². The number of rotatable bonds is 5. The lowest BCUT2D eigenvalue weighted by atomic mass is 10.1. The third-order valence-electron chi connectivity index (χ3n) is 2.74. The van der Waals surface area contributed by atoms with Crippen LogP contribution in [0.1, 0.15) is 26.3 Å². The molecule has 0 bridgehead atoms. The van der Waals surface area contributed by atoms with Crippen LogP contribution >= 0.6 is 15.9 Å². The van der Waals surface area contributed by atoms with Gasteiger partial charge in [0.05, 0.1) is 5.56 Å². The highest BCUT2D eigenvalue weighted by molar-refractivity contribution is 9.10. The van der Waals surface area contributed by atoms with E-state index in [1.54, 1.807) is 6.92 Å². The maximum atomic E-state index is 12.7. The van der Waals surface area contributed by atoms with Gasteiger partial charge in [-0.05, 0) is 47.0 Å². The molecule has 0 heterocycles. The van der Waals surface area contributed by atoms with Crippen LogP contribution in [0.15, 0.2) is 22.7 Å². The zero-order chi connectivity index (χ0) is 16.2. The van der Waals surface area contributed by atoms with Crippen LogP contribution in [-0.4, -0.2) is 18.5 Å². The van der Waals surface area contributed by atoms with Crippen LogP contribution in [0, 0.1) is 5.92 Å². The summed E-state index contributed by atoms with van der Waals surface area (Å²) in [7, 11) is 0. The Hall–Kier alpha value is -1.24. The third-order valence-corrected chi connectivity index (χ3v) is 3.44. The second kappa shape index (κ2) is 7.15. The Bertz CT molecular complexity index is 503. The minimum absolute atomic E-state index is 0.233. The number of nitrogens with one attached hydrogen (secondary N) is 2. The fourth-order valence-electron chi connectivity index (χ4n) is 1.57. The molecule has 0 saturated carbocycles. The Morgan fingerprint density at radius 3 is 2.43 bits per heavy atom. The van der Waals surface area contributed by atoms with E-state index < -0.39 is 17.8 Å². The molecular weight excluding hydrogens is 349 g/mol. The molecule has 3 nitrogen and oxygen atoms in total. The predicted molar refractivity (Wildman–Crippen MR) is 80.1 cm³/mol. The lowest BCUT2D eigenvalue weighted by Crippen LogP contribution is -2.39. The average molecular weight is 367 g/mol. The number of anilines is 1. The molecule has 0 aromatic heterocycles. The van der Waals surface area contributed by atoms with E-state index in [-0.39, 0.29) is 11.6 Å². The summed E-state index contributed by atoms with van der Waals surface area (Å²) in [6.07, 6.45) is -4.42. The van der Waals surface area contributed by atoms with Gasteiger partial charge in [0, 0.05) is 16.7 Å². The van der Waals surface area contributed by atoms with Crippen LogP contribution in [0.4, 0.5) is 18.9 Å². The standard InChI is InChI=1S/C14H18BrF3N2O/c1-8(2)7-19-13(21)9(3)20-12-6-10(14(16,17)18)4-5-11(12)15/h4-6,8-9,20H,7H2,1-3H3,(H,19,21). The fraction of sp³-hybridized carbons (Fsp3) is 0.500. The van der Waals surface area contributed by atoms with Crippen LogP contribution < -0.4 is 10.6 Å². The summed E-state index contributed by atoms with van der Waals surface area (Å²) < 4.78 is 38.5. The smallest absolute Gasteiger partial charge is 0.373 e. The molecule has 0 aliphatic heterocycles. The number of hydrogen-bond donors (Lipinski definition) is 2. The van der Waals surface area contributed by atoms with E-state index in [4.69, 9.17) is 0 Å². The van der Waals surface area contributed by atoms with Gasteiger partial charge in [-0.2, -0.15) is 13.2 Å². The number of carbonyl (C=O) groups is 1. The SMILES string of the molecule is CC(C)CNC(=O)C(C)Nc1cc(C(F)(F)F)ccc1Br. The number of benzene rings is 1. The summed E-state index contributed by atoms with van der Waals surface area (Å²) in [6.45, 7) is 6.04.